The molecule has 1 saturated heterocycles. The quantitative estimate of drug-likeness (QED) is 0.419. The molecule has 0 spiro atoms. The van der Waals surface area contributed by atoms with Crippen LogP contribution in [0.15, 0.2) is 60.9 Å². The second-order valence-corrected chi connectivity index (χ2v) is 8.74. The van der Waals surface area contributed by atoms with Crippen molar-refractivity contribution in [1.82, 2.24) is 15.0 Å². The first-order valence-electron chi connectivity index (χ1n) is 12.0. The zero-order valence-electron chi connectivity index (χ0n) is 20.0. The summed E-state index contributed by atoms with van der Waals surface area (Å²) in [6.45, 7) is 3.83. The van der Waals surface area contributed by atoms with Gasteiger partial charge in [0, 0.05) is 54.6 Å². The molecule has 1 fully saturated rings. The van der Waals surface area contributed by atoms with E-state index in [1.165, 1.54) is 0 Å². The van der Waals surface area contributed by atoms with Gasteiger partial charge in [0.1, 0.15) is 17.4 Å². The Hall–Kier alpha value is -4.18. The van der Waals surface area contributed by atoms with Gasteiger partial charge in [-0.3, -0.25) is 0 Å². The summed E-state index contributed by atoms with van der Waals surface area (Å²) in [4.78, 5) is 15.8. The third kappa shape index (κ3) is 4.87. The van der Waals surface area contributed by atoms with E-state index in [0.29, 0.717) is 11.6 Å². The van der Waals surface area contributed by atoms with Crippen molar-refractivity contribution in [2.45, 2.75) is 32.2 Å². The number of rotatable bonds is 6. The number of nitriles is 1. The normalized spacial score (nSPS) is 14.0. The van der Waals surface area contributed by atoms with Crippen LogP contribution in [0.1, 0.15) is 31.2 Å². The van der Waals surface area contributed by atoms with Crippen LogP contribution in [0.2, 0.25) is 0 Å². The van der Waals surface area contributed by atoms with Gasteiger partial charge in [-0.25, -0.2) is 15.0 Å². The van der Waals surface area contributed by atoms with Crippen LogP contribution < -0.4 is 15.0 Å². The number of piperidine rings is 1. The van der Waals surface area contributed by atoms with Gasteiger partial charge in [0.2, 0.25) is 0 Å². The number of hydrogen-bond acceptors (Lipinski definition) is 7. The Bertz CT molecular complexity index is 1390. The summed E-state index contributed by atoms with van der Waals surface area (Å²) >= 11 is 0. The predicted octanol–water partition coefficient (Wildman–Crippen LogP) is 5.22. The maximum absolute atomic E-state index is 9.20. The average molecular weight is 465 g/mol. The second-order valence-electron chi connectivity index (χ2n) is 8.74. The number of aryl methyl sites for hydroxylation is 1. The monoisotopic (exact) mass is 464 g/mol. The van der Waals surface area contributed by atoms with Gasteiger partial charge in [0.15, 0.2) is 0 Å². The van der Waals surface area contributed by atoms with Crippen molar-refractivity contribution in [1.29, 1.82) is 5.26 Å². The summed E-state index contributed by atoms with van der Waals surface area (Å²) < 4.78 is 5.51. The van der Waals surface area contributed by atoms with E-state index < -0.39 is 0 Å². The highest BCUT2D eigenvalue weighted by Crippen LogP contribution is 2.34. The smallest absolute Gasteiger partial charge is 0.129 e. The lowest BCUT2D eigenvalue weighted by molar-refractivity contribution is 0.415. The van der Waals surface area contributed by atoms with Crippen molar-refractivity contribution < 1.29 is 4.74 Å². The number of anilines is 2. The van der Waals surface area contributed by atoms with Crippen LogP contribution >= 0.6 is 0 Å². The highest BCUT2D eigenvalue weighted by molar-refractivity contribution is 5.98. The summed E-state index contributed by atoms with van der Waals surface area (Å²) in [5.41, 5.74) is 3.72. The van der Waals surface area contributed by atoms with Gasteiger partial charge >= 0.3 is 0 Å². The summed E-state index contributed by atoms with van der Waals surface area (Å²) in [5, 5.41) is 15.3. The predicted molar refractivity (Wildman–Crippen MR) is 139 cm³/mol. The van der Waals surface area contributed by atoms with Gasteiger partial charge in [-0.1, -0.05) is 13.0 Å². The van der Waals surface area contributed by atoms with E-state index in [4.69, 9.17) is 9.72 Å². The lowest BCUT2D eigenvalue weighted by Gasteiger charge is -2.34. The number of methoxy groups -OCH3 is 1. The molecule has 0 unspecified atom stereocenters. The topological polar surface area (TPSA) is 87.0 Å². The SMILES string of the molecule is CCc1nccc(-c2cc(NC3CCN(c4cc(C#N)ccn4)CC3)c3cc(OC)ccc3c2)n1. The van der Waals surface area contributed by atoms with Crippen LogP contribution in [0.4, 0.5) is 11.5 Å². The Kier molecular flexibility index (Phi) is 6.44. The molecule has 0 aliphatic carbocycles. The molecule has 1 aliphatic rings. The first-order chi connectivity index (χ1) is 17.2. The van der Waals surface area contributed by atoms with E-state index in [0.717, 1.165) is 77.5 Å². The molecular formula is C28H28N6O. The summed E-state index contributed by atoms with van der Waals surface area (Å²) in [6.07, 6.45) is 6.29. The van der Waals surface area contributed by atoms with Crippen molar-refractivity contribution in [2.75, 3.05) is 30.4 Å². The van der Waals surface area contributed by atoms with Crippen molar-refractivity contribution in [3.05, 3.63) is 72.3 Å². The average Bonchev–Trinajstić information content (AvgIpc) is 2.93. The molecule has 35 heavy (non-hydrogen) atoms. The highest BCUT2D eigenvalue weighted by Gasteiger charge is 2.21. The first kappa shape index (κ1) is 22.6. The van der Waals surface area contributed by atoms with E-state index in [1.54, 1.807) is 19.4 Å². The molecule has 2 aromatic heterocycles. The molecule has 0 radical (unpaired) electrons. The Morgan fingerprint density at radius 3 is 2.66 bits per heavy atom. The molecule has 4 aromatic rings. The minimum Gasteiger partial charge on any atom is -0.497 e. The van der Waals surface area contributed by atoms with Crippen LogP contribution in [0.25, 0.3) is 22.0 Å². The highest BCUT2D eigenvalue weighted by atomic mass is 16.5. The molecule has 3 heterocycles. The first-order valence-corrected chi connectivity index (χ1v) is 12.0. The Morgan fingerprint density at radius 2 is 1.89 bits per heavy atom. The third-order valence-electron chi connectivity index (χ3n) is 6.53. The van der Waals surface area contributed by atoms with Crippen molar-refractivity contribution in [2.24, 2.45) is 0 Å². The molecule has 0 bridgehead atoms. The molecule has 5 rings (SSSR count). The molecule has 0 saturated carbocycles. The van der Waals surface area contributed by atoms with E-state index in [9.17, 15) is 5.26 Å². The Labute approximate surface area is 205 Å². The van der Waals surface area contributed by atoms with Gasteiger partial charge in [0.05, 0.1) is 24.4 Å². The zero-order chi connectivity index (χ0) is 24.2. The Morgan fingerprint density at radius 1 is 1.06 bits per heavy atom. The Balaban J connectivity index is 1.42. The minimum atomic E-state index is 0.326. The molecular weight excluding hydrogens is 436 g/mol. The molecule has 0 amide bonds. The molecule has 2 aromatic carbocycles. The van der Waals surface area contributed by atoms with Gasteiger partial charge < -0.3 is 15.0 Å². The van der Waals surface area contributed by atoms with Crippen molar-refractivity contribution >= 4 is 22.3 Å². The minimum absolute atomic E-state index is 0.326. The second kappa shape index (κ2) is 9.98. The van der Waals surface area contributed by atoms with Crippen molar-refractivity contribution in [3.8, 4) is 23.1 Å². The number of pyridine rings is 1. The molecule has 7 heteroatoms. The maximum atomic E-state index is 9.20. The van der Waals surface area contributed by atoms with Gasteiger partial charge in [0.25, 0.3) is 0 Å². The van der Waals surface area contributed by atoms with Crippen LogP contribution in [-0.2, 0) is 6.42 Å². The maximum Gasteiger partial charge on any atom is 0.129 e. The van der Waals surface area contributed by atoms with Crippen LogP contribution in [0.3, 0.4) is 0 Å². The fourth-order valence-corrected chi connectivity index (χ4v) is 4.60. The third-order valence-corrected chi connectivity index (χ3v) is 6.53. The van der Waals surface area contributed by atoms with Crippen LogP contribution in [-0.4, -0.2) is 41.2 Å². The number of nitrogens with one attached hydrogen (secondary N) is 1. The number of nitrogens with zero attached hydrogens (tertiary/aromatic N) is 5. The van der Waals surface area contributed by atoms with Crippen LogP contribution in [0.5, 0.6) is 5.75 Å². The fourth-order valence-electron chi connectivity index (χ4n) is 4.60. The summed E-state index contributed by atoms with van der Waals surface area (Å²) in [6, 6.07) is 18.6. The van der Waals surface area contributed by atoms with E-state index in [-0.39, 0.29) is 0 Å². The number of benzene rings is 2. The van der Waals surface area contributed by atoms with Gasteiger partial charge in [-0.15, -0.1) is 0 Å². The van der Waals surface area contributed by atoms with Gasteiger partial charge in [-0.05, 0) is 60.7 Å². The van der Waals surface area contributed by atoms with E-state index in [1.807, 2.05) is 24.4 Å². The van der Waals surface area contributed by atoms with Crippen molar-refractivity contribution in [3.63, 3.8) is 0 Å². The van der Waals surface area contributed by atoms with E-state index in [2.05, 4.69) is 57.4 Å². The number of fused-ring (bicyclic) bond motifs is 1. The number of aromatic nitrogens is 3. The largest absolute Gasteiger partial charge is 0.497 e. The summed E-state index contributed by atoms with van der Waals surface area (Å²) in [5.74, 6) is 2.55. The molecule has 7 nitrogen and oxygen atoms in total. The lowest BCUT2D eigenvalue weighted by atomic mass is 9.99. The number of hydrogen-bond donors (Lipinski definition) is 1. The molecule has 1 N–H and O–H groups in total. The zero-order valence-corrected chi connectivity index (χ0v) is 20.0. The van der Waals surface area contributed by atoms with Gasteiger partial charge in [-0.2, -0.15) is 5.26 Å². The summed E-state index contributed by atoms with van der Waals surface area (Å²) in [7, 11) is 1.70. The molecule has 176 valence electrons. The van der Waals surface area contributed by atoms with E-state index >= 15 is 0 Å². The lowest BCUT2D eigenvalue weighted by Crippen LogP contribution is -2.39. The van der Waals surface area contributed by atoms with Crippen LogP contribution in [0, 0.1) is 11.3 Å². The number of ether oxygens (including phenoxy) is 1. The fraction of sp³-hybridized carbons (Fsp3) is 0.286. The molecule has 0 atom stereocenters. The standard InChI is InChI=1S/C28H28N6O/c1-3-27-30-11-7-25(33-27)21-15-20-4-5-23(35-2)17-24(20)26(16-21)32-22-8-12-34(13-9-22)28-14-19(18-29)6-10-31-28/h4-7,10-11,14-17,22,32H,3,8-9,12-13H2,1-2H3. The molecule has 1 aliphatic heterocycles.